The molecule has 2 aliphatic rings. The van der Waals surface area contributed by atoms with E-state index in [0.717, 1.165) is 22.6 Å². The standard InChI is InChI=1S/C11H11NO3/c13-10-6-15-9-5-7-3-1-2-4-8(7)11(9)12(10)14/h1-4,9,11,14H,5-6H2/t9-,11?/m0/s1. The maximum Gasteiger partial charge on any atom is 0.272 e. The molecule has 0 saturated carbocycles. The Morgan fingerprint density at radius 2 is 2.20 bits per heavy atom. The van der Waals surface area contributed by atoms with E-state index in [0.29, 0.717) is 0 Å². The second-order valence-electron chi connectivity index (χ2n) is 3.94. The number of morpholine rings is 1. The minimum Gasteiger partial charge on any atom is -0.365 e. The van der Waals surface area contributed by atoms with Crippen LogP contribution in [-0.2, 0) is 16.0 Å². The van der Waals surface area contributed by atoms with Crippen LogP contribution in [0.15, 0.2) is 24.3 Å². The summed E-state index contributed by atoms with van der Waals surface area (Å²) >= 11 is 0. The number of carbonyl (C=O) groups is 1. The maximum atomic E-state index is 11.3. The lowest BCUT2D eigenvalue weighted by molar-refractivity contribution is -0.212. The van der Waals surface area contributed by atoms with E-state index in [-0.39, 0.29) is 24.7 Å². The second-order valence-corrected chi connectivity index (χ2v) is 3.94. The van der Waals surface area contributed by atoms with Gasteiger partial charge in [-0.1, -0.05) is 24.3 Å². The van der Waals surface area contributed by atoms with Crippen molar-refractivity contribution in [2.75, 3.05) is 6.61 Å². The van der Waals surface area contributed by atoms with Gasteiger partial charge in [-0.3, -0.25) is 10.0 Å². The third kappa shape index (κ3) is 1.19. The Morgan fingerprint density at radius 1 is 1.40 bits per heavy atom. The molecule has 1 aliphatic heterocycles. The lowest BCUT2D eigenvalue weighted by atomic mass is 10.1. The van der Waals surface area contributed by atoms with E-state index >= 15 is 0 Å². The van der Waals surface area contributed by atoms with Gasteiger partial charge in [0.1, 0.15) is 12.6 Å². The average molecular weight is 205 g/mol. The zero-order valence-electron chi connectivity index (χ0n) is 8.09. The van der Waals surface area contributed by atoms with Crippen LogP contribution in [0.3, 0.4) is 0 Å². The molecule has 4 heteroatoms. The first-order valence-corrected chi connectivity index (χ1v) is 4.98. The van der Waals surface area contributed by atoms with Crippen LogP contribution in [0.1, 0.15) is 17.2 Å². The van der Waals surface area contributed by atoms with Crippen molar-refractivity contribution in [3.8, 4) is 0 Å². The topological polar surface area (TPSA) is 49.8 Å². The number of benzene rings is 1. The first-order chi connectivity index (χ1) is 7.27. The highest BCUT2D eigenvalue weighted by atomic mass is 16.6. The normalized spacial score (nSPS) is 28.9. The molecule has 1 amide bonds. The highest BCUT2D eigenvalue weighted by molar-refractivity contribution is 5.77. The molecule has 78 valence electrons. The van der Waals surface area contributed by atoms with Gasteiger partial charge in [-0.15, -0.1) is 0 Å². The van der Waals surface area contributed by atoms with Crippen LogP contribution >= 0.6 is 0 Å². The van der Waals surface area contributed by atoms with Gasteiger partial charge < -0.3 is 4.74 Å². The van der Waals surface area contributed by atoms with Gasteiger partial charge in [-0.25, -0.2) is 5.06 Å². The molecule has 1 aliphatic carbocycles. The highest BCUT2D eigenvalue weighted by Crippen LogP contribution is 2.38. The van der Waals surface area contributed by atoms with Gasteiger partial charge in [0.15, 0.2) is 0 Å². The molecule has 0 spiro atoms. The van der Waals surface area contributed by atoms with Crippen molar-refractivity contribution in [1.29, 1.82) is 0 Å². The summed E-state index contributed by atoms with van der Waals surface area (Å²) in [6.07, 6.45) is 0.677. The summed E-state index contributed by atoms with van der Waals surface area (Å²) in [6, 6.07) is 7.50. The fourth-order valence-corrected chi connectivity index (χ4v) is 2.38. The van der Waals surface area contributed by atoms with Crippen molar-refractivity contribution in [3.05, 3.63) is 35.4 Å². The van der Waals surface area contributed by atoms with Gasteiger partial charge in [-0.05, 0) is 11.1 Å². The minimum atomic E-state index is -0.368. The molecule has 1 aromatic carbocycles. The predicted octanol–water partition coefficient (Wildman–Crippen LogP) is 0.900. The first kappa shape index (κ1) is 8.88. The molecular formula is C11H11NO3. The van der Waals surface area contributed by atoms with Crippen LogP contribution in [0.5, 0.6) is 0 Å². The number of carbonyl (C=O) groups excluding carboxylic acids is 1. The molecule has 1 unspecified atom stereocenters. The van der Waals surface area contributed by atoms with Crippen LogP contribution in [0, 0.1) is 0 Å². The zero-order chi connectivity index (χ0) is 10.4. The molecule has 15 heavy (non-hydrogen) atoms. The fraction of sp³-hybridized carbons (Fsp3) is 0.364. The summed E-state index contributed by atoms with van der Waals surface area (Å²) in [5.74, 6) is -0.368. The van der Waals surface area contributed by atoms with Crippen LogP contribution in [-0.4, -0.2) is 28.9 Å². The van der Waals surface area contributed by atoms with Gasteiger partial charge in [0, 0.05) is 6.42 Å². The molecule has 4 nitrogen and oxygen atoms in total. The van der Waals surface area contributed by atoms with Crippen LogP contribution in [0.2, 0.25) is 0 Å². The number of fused-ring (bicyclic) bond motifs is 3. The van der Waals surface area contributed by atoms with Crippen molar-refractivity contribution < 1.29 is 14.7 Å². The molecule has 2 atom stereocenters. The van der Waals surface area contributed by atoms with Crippen molar-refractivity contribution in [1.82, 2.24) is 5.06 Å². The lowest BCUT2D eigenvalue weighted by Gasteiger charge is -2.32. The molecule has 0 aromatic heterocycles. The van der Waals surface area contributed by atoms with Gasteiger partial charge in [0.05, 0.1) is 6.10 Å². The summed E-state index contributed by atoms with van der Waals surface area (Å²) in [4.78, 5) is 11.3. The van der Waals surface area contributed by atoms with Gasteiger partial charge in [0.2, 0.25) is 0 Å². The Bertz CT molecular complexity index is 418. The van der Waals surface area contributed by atoms with Crippen molar-refractivity contribution in [3.63, 3.8) is 0 Å². The Hall–Kier alpha value is -1.39. The fourth-order valence-electron chi connectivity index (χ4n) is 2.38. The second kappa shape index (κ2) is 3.05. The molecular weight excluding hydrogens is 194 g/mol. The SMILES string of the molecule is O=C1CO[C@H]2Cc3ccccc3C2N1O. The van der Waals surface area contributed by atoms with Gasteiger partial charge >= 0.3 is 0 Å². The van der Waals surface area contributed by atoms with Gasteiger partial charge in [0.25, 0.3) is 5.91 Å². The largest absolute Gasteiger partial charge is 0.365 e. The van der Waals surface area contributed by atoms with E-state index < -0.39 is 0 Å². The van der Waals surface area contributed by atoms with Crippen molar-refractivity contribution in [2.24, 2.45) is 0 Å². The Labute approximate surface area is 87.0 Å². The van der Waals surface area contributed by atoms with E-state index in [1.165, 1.54) is 0 Å². The quantitative estimate of drug-likeness (QED) is 0.640. The third-order valence-corrected chi connectivity index (χ3v) is 3.09. The van der Waals surface area contributed by atoms with E-state index in [2.05, 4.69) is 0 Å². The molecule has 0 bridgehead atoms. The van der Waals surface area contributed by atoms with Crippen molar-refractivity contribution >= 4 is 5.91 Å². The van der Waals surface area contributed by atoms with Crippen LogP contribution in [0.4, 0.5) is 0 Å². The molecule has 1 N–H and O–H groups in total. The lowest BCUT2D eigenvalue weighted by Crippen LogP contribution is -2.45. The van der Waals surface area contributed by atoms with Crippen LogP contribution < -0.4 is 0 Å². The molecule has 0 radical (unpaired) electrons. The number of amides is 1. The van der Waals surface area contributed by atoms with Crippen molar-refractivity contribution in [2.45, 2.75) is 18.6 Å². The number of rotatable bonds is 0. The number of nitrogens with zero attached hydrogens (tertiary/aromatic N) is 1. The Morgan fingerprint density at radius 3 is 3.07 bits per heavy atom. The minimum absolute atomic E-state index is 0.0222. The molecule has 1 aromatic rings. The monoisotopic (exact) mass is 205 g/mol. The highest BCUT2D eigenvalue weighted by Gasteiger charge is 2.42. The maximum absolute atomic E-state index is 11.3. The smallest absolute Gasteiger partial charge is 0.272 e. The third-order valence-electron chi connectivity index (χ3n) is 3.09. The molecule has 3 rings (SSSR count). The predicted molar refractivity (Wildman–Crippen MR) is 51.3 cm³/mol. The van der Waals surface area contributed by atoms with Gasteiger partial charge in [-0.2, -0.15) is 0 Å². The van der Waals surface area contributed by atoms with E-state index in [4.69, 9.17) is 4.74 Å². The summed E-state index contributed by atoms with van der Waals surface area (Å²) < 4.78 is 5.42. The number of ether oxygens (including phenoxy) is 1. The molecule has 1 saturated heterocycles. The number of hydrogen-bond donors (Lipinski definition) is 1. The summed E-state index contributed by atoms with van der Waals surface area (Å²) in [7, 11) is 0. The van der Waals surface area contributed by atoms with E-state index in [1.54, 1.807) is 0 Å². The Balaban J connectivity index is 2.05. The summed E-state index contributed by atoms with van der Waals surface area (Å²) in [5.41, 5.74) is 2.15. The summed E-state index contributed by atoms with van der Waals surface area (Å²) in [5, 5.41) is 10.5. The molecule has 1 fully saturated rings. The number of hydrogen-bond acceptors (Lipinski definition) is 3. The Kier molecular flexibility index (Phi) is 1.81. The number of hydroxylamine groups is 2. The van der Waals surface area contributed by atoms with E-state index in [1.807, 2.05) is 24.3 Å². The van der Waals surface area contributed by atoms with E-state index in [9.17, 15) is 10.0 Å². The molecule has 1 heterocycles. The summed E-state index contributed by atoms with van der Waals surface area (Å²) in [6.45, 7) is -0.0222. The first-order valence-electron chi connectivity index (χ1n) is 4.98. The van der Waals surface area contributed by atoms with Crippen LogP contribution in [0.25, 0.3) is 0 Å². The zero-order valence-corrected chi connectivity index (χ0v) is 8.09. The average Bonchev–Trinajstić information content (AvgIpc) is 2.62.